The van der Waals surface area contributed by atoms with Gasteiger partial charge in [-0.1, -0.05) is 24.3 Å². The molecule has 0 N–H and O–H groups in total. The summed E-state index contributed by atoms with van der Waals surface area (Å²) in [7, 11) is 1.36. The molecule has 0 radical (unpaired) electrons. The van der Waals surface area contributed by atoms with Crippen LogP contribution in [-0.4, -0.2) is 54.0 Å². The first kappa shape index (κ1) is 19.9. The number of amides is 1. The summed E-state index contributed by atoms with van der Waals surface area (Å²) in [6.07, 6.45) is 4.68. The maximum atomic E-state index is 12.7. The molecule has 1 fully saturated rings. The molecule has 1 aliphatic heterocycles. The highest BCUT2D eigenvalue weighted by Crippen LogP contribution is 2.21. The van der Waals surface area contributed by atoms with Gasteiger partial charge in [-0.25, -0.2) is 4.79 Å². The number of carbonyl (C=O) groups excluding carboxylic acids is 2. The number of esters is 1. The average Bonchev–Trinajstić information content (AvgIpc) is 3.21. The third-order valence-electron chi connectivity index (χ3n) is 4.96. The molecule has 0 saturated carbocycles. The van der Waals surface area contributed by atoms with Crippen LogP contribution in [0.5, 0.6) is 0 Å². The van der Waals surface area contributed by atoms with Crippen molar-refractivity contribution in [1.82, 2.24) is 9.80 Å². The molecule has 0 unspecified atom stereocenters. The van der Waals surface area contributed by atoms with E-state index in [2.05, 4.69) is 35.6 Å². The number of hydrogen-bond donors (Lipinski definition) is 0. The van der Waals surface area contributed by atoms with Crippen LogP contribution in [-0.2, 0) is 16.1 Å². The lowest BCUT2D eigenvalue weighted by molar-refractivity contribution is -0.134. The predicted octanol–water partition coefficient (Wildman–Crippen LogP) is 3.20. The number of piperazine rings is 1. The van der Waals surface area contributed by atoms with Crippen LogP contribution in [0.2, 0.25) is 0 Å². The van der Waals surface area contributed by atoms with E-state index < -0.39 is 0 Å². The molecule has 6 heteroatoms. The van der Waals surface area contributed by atoms with Gasteiger partial charge >= 0.3 is 5.97 Å². The van der Waals surface area contributed by atoms with E-state index in [9.17, 15) is 9.59 Å². The number of furan rings is 1. The molecule has 1 saturated heterocycles. The van der Waals surface area contributed by atoms with Gasteiger partial charge in [-0.3, -0.25) is 9.69 Å². The number of nitrogens with zero attached hydrogens (tertiary/aromatic N) is 2. The standard InChI is InChI=1S/C22H26N2O4/c1-16-13-23(14-17(2)24(16)22(26)20-5-4-12-28-20)15-19-8-6-18(7-9-19)10-11-21(25)27-3/h4-12,16-17H,13-15H2,1-3H3/b11-10+/t16-,17+. The fraction of sp³-hybridized carbons (Fsp3) is 0.364. The van der Waals surface area contributed by atoms with Crippen molar-refractivity contribution in [2.45, 2.75) is 32.5 Å². The number of methoxy groups -OCH3 is 1. The van der Waals surface area contributed by atoms with E-state index >= 15 is 0 Å². The summed E-state index contributed by atoms with van der Waals surface area (Å²) in [6.45, 7) is 6.58. The van der Waals surface area contributed by atoms with Gasteiger partial charge in [0.15, 0.2) is 5.76 Å². The van der Waals surface area contributed by atoms with E-state index in [0.717, 1.165) is 25.2 Å². The van der Waals surface area contributed by atoms with Crippen LogP contribution >= 0.6 is 0 Å². The number of benzene rings is 1. The highest BCUT2D eigenvalue weighted by molar-refractivity contribution is 5.92. The first-order chi connectivity index (χ1) is 13.5. The second-order valence-electron chi connectivity index (χ2n) is 7.18. The lowest BCUT2D eigenvalue weighted by Gasteiger charge is -2.44. The molecule has 1 aromatic heterocycles. The molecule has 1 aromatic carbocycles. The zero-order valence-corrected chi connectivity index (χ0v) is 16.5. The molecular weight excluding hydrogens is 356 g/mol. The molecule has 2 heterocycles. The SMILES string of the molecule is COC(=O)/C=C/c1ccc(CN2C[C@@H](C)N(C(=O)c3ccco3)[C@@H](C)C2)cc1. The molecule has 1 aliphatic rings. The number of carbonyl (C=O) groups is 2. The van der Waals surface area contributed by atoms with Crippen LogP contribution in [0.1, 0.15) is 35.5 Å². The summed E-state index contributed by atoms with van der Waals surface area (Å²) < 4.78 is 9.88. The Hall–Kier alpha value is -2.86. The first-order valence-electron chi connectivity index (χ1n) is 9.41. The second kappa shape index (κ2) is 8.89. The van der Waals surface area contributed by atoms with Crippen LogP contribution in [0.3, 0.4) is 0 Å². The Bertz CT molecular complexity index is 815. The predicted molar refractivity (Wildman–Crippen MR) is 107 cm³/mol. The summed E-state index contributed by atoms with van der Waals surface area (Å²) in [5.41, 5.74) is 2.14. The molecule has 1 amide bonds. The van der Waals surface area contributed by atoms with E-state index in [1.165, 1.54) is 25.0 Å². The van der Waals surface area contributed by atoms with E-state index in [4.69, 9.17) is 4.42 Å². The van der Waals surface area contributed by atoms with Crippen LogP contribution in [0.15, 0.2) is 53.2 Å². The van der Waals surface area contributed by atoms with E-state index in [-0.39, 0.29) is 24.0 Å². The third-order valence-corrected chi connectivity index (χ3v) is 4.96. The summed E-state index contributed by atoms with van der Waals surface area (Å²) in [4.78, 5) is 28.1. The Morgan fingerprint density at radius 2 is 1.82 bits per heavy atom. The first-order valence-corrected chi connectivity index (χ1v) is 9.41. The molecule has 28 heavy (non-hydrogen) atoms. The Labute approximate surface area is 165 Å². The van der Waals surface area contributed by atoms with Gasteiger partial charge in [-0.05, 0) is 43.2 Å². The number of rotatable bonds is 5. The van der Waals surface area contributed by atoms with Crippen LogP contribution < -0.4 is 0 Å². The third kappa shape index (κ3) is 4.70. The lowest BCUT2D eigenvalue weighted by Crippen LogP contribution is -2.58. The summed E-state index contributed by atoms with van der Waals surface area (Å²) in [6, 6.07) is 11.7. The fourth-order valence-corrected chi connectivity index (χ4v) is 3.71. The molecular formula is C22H26N2O4. The fourth-order valence-electron chi connectivity index (χ4n) is 3.71. The number of ether oxygens (including phenoxy) is 1. The Morgan fingerprint density at radius 1 is 1.14 bits per heavy atom. The molecule has 2 atom stereocenters. The van der Waals surface area contributed by atoms with Crippen molar-refractivity contribution < 1.29 is 18.7 Å². The van der Waals surface area contributed by atoms with Gasteiger partial charge < -0.3 is 14.1 Å². The minimum absolute atomic E-state index is 0.0496. The Kier molecular flexibility index (Phi) is 6.31. The van der Waals surface area contributed by atoms with Gasteiger partial charge in [0.2, 0.25) is 0 Å². The Balaban J connectivity index is 1.60. The van der Waals surface area contributed by atoms with Gasteiger partial charge in [0.25, 0.3) is 5.91 Å². The van der Waals surface area contributed by atoms with E-state index in [0.29, 0.717) is 5.76 Å². The monoisotopic (exact) mass is 382 g/mol. The van der Waals surface area contributed by atoms with Crippen molar-refractivity contribution in [3.05, 3.63) is 65.6 Å². The molecule has 0 bridgehead atoms. The van der Waals surface area contributed by atoms with E-state index in [1.807, 2.05) is 17.0 Å². The molecule has 148 valence electrons. The average molecular weight is 382 g/mol. The van der Waals surface area contributed by atoms with Gasteiger partial charge in [0, 0.05) is 37.8 Å². The Morgan fingerprint density at radius 3 is 2.39 bits per heavy atom. The van der Waals surface area contributed by atoms with Gasteiger partial charge in [-0.2, -0.15) is 0 Å². The maximum absolute atomic E-state index is 12.7. The highest BCUT2D eigenvalue weighted by atomic mass is 16.5. The molecule has 3 rings (SSSR count). The highest BCUT2D eigenvalue weighted by Gasteiger charge is 2.34. The summed E-state index contributed by atoms with van der Waals surface area (Å²) in [5, 5.41) is 0. The van der Waals surface area contributed by atoms with Crippen molar-refractivity contribution in [3.63, 3.8) is 0 Å². The molecule has 2 aromatic rings. The zero-order valence-electron chi connectivity index (χ0n) is 16.5. The maximum Gasteiger partial charge on any atom is 0.330 e. The van der Waals surface area contributed by atoms with Gasteiger partial charge in [0.05, 0.1) is 13.4 Å². The van der Waals surface area contributed by atoms with Gasteiger partial charge in [0.1, 0.15) is 0 Å². The topological polar surface area (TPSA) is 63.0 Å². The summed E-state index contributed by atoms with van der Waals surface area (Å²) in [5.74, 6) is -0.0248. The normalized spacial score (nSPS) is 20.5. The van der Waals surface area contributed by atoms with Crippen molar-refractivity contribution in [2.24, 2.45) is 0 Å². The molecule has 0 aliphatic carbocycles. The molecule has 6 nitrogen and oxygen atoms in total. The van der Waals surface area contributed by atoms with Crippen molar-refractivity contribution in [1.29, 1.82) is 0 Å². The van der Waals surface area contributed by atoms with Crippen molar-refractivity contribution in [3.8, 4) is 0 Å². The van der Waals surface area contributed by atoms with Gasteiger partial charge in [-0.15, -0.1) is 0 Å². The van der Waals surface area contributed by atoms with Crippen LogP contribution in [0.25, 0.3) is 6.08 Å². The molecule has 0 spiro atoms. The van der Waals surface area contributed by atoms with Crippen LogP contribution in [0.4, 0.5) is 0 Å². The minimum Gasteiger partial charge on any atom is -0.466 e. The largest absolute Gasteiger partial charge is 0.466 e. The van der Waals surface area contributed by atoms with E-state index in [1.54, 1.807) is 18.2 Å². The quantitative estimate of drug-likeness (QED) is 0.587. The zero-order chi connectivity index (χ0) is 20.1. The minimum atomic E-state index is -0.367. The van der Waals surface area contributed by atoms with Crippen molar-refractivity contribution in [2.75, 3.05) is 20.2 Å². The van der Waals surface area contributed by atoms with Crippen molar-refractivity contribution >= 4 is 18.0 Å². The summed E-state index contributed by atoms with van der Waals surface area (Å²) >= 11 is 0. The van der Waals surface area contributed by atoms with Crippen LogP contribution in [0, 0.1) is 0 Å². The number of hydrogen-bond acceptors (Lipinski definition) is 5. The smallest absolute Gasteiger partial charge is 0.330 e. The lowest BCUT2D eigenvalue weighted by atomic mass is 10.1. The second-order valence-corrected chi connectivity index (χ2v) is 7.18.